The van der Waals surface area contributed by atoms with Crippen molar-refractivity contribution in [3.8, 4) is 12.3 Å². The lowest BCUT2D eigenvalue weighted by molar-refractivity contribution is 0.463. The number of rotatable bonds is 2. The van der Waals surface area contributed by atoms with E-state index in [2.05, 4.69) is 5.92 Å². The molecule has 1 rings (SSSR count). The van der Waals surface area contributed by atoms with Crippen LogP contribution in [0.25, 0.3) is 0 Å². The van der Waals surface area contributed by atoms with Gasteiger partial charge in [0.1, 0.15) is 0 Å². The highest BCUT2D eigenvalue weighted by molar-refractivity contribution is 7.87. The largest absolute Gasteiger partial charge is 0.282 e. The second kappa shape index (κ2) is 3.44. The molecule has 0 N–H and O–H groups in total. The van der Waals surface area contributed by atoms with Gasteiger partial charge in [-0.05, 0) is 0 Å². The maximum atomic E-state index is 11.5. The Morgan fingerprint density at radius 3 is 2.42 bits per heavy atom. The lowest BCUT2D eigenvalue weighted by atomic mass is 10.5. The Labute approximate surface area is 73.3 Å². The van der Waals surface area contributed by atoms with Crippen LogP contribution in [-0.2, 0) is 10.2 Å². The van der Waals surface area contributed by atoms with Crippen molar-refractivity contribution in [3.05, 3.63) is 0 Å². The summed E-state index contributed by atoms with van der Waals surface area (Å²) in [7, 11) is -3.22. The maximum Gasteiger partial charge on any atom is 0.282 e. The van der Waals surface area contributed by atoms with Gasteiger partial charge in [-0.2, -0.15) is 17.0 Å². The van der Waals surface area contributed by atoms with E-state index in [1.165, 1.54) is 8.61 Å². The minimum Gasteiger partial charge on any atom is -0.195 e. The molecule has 0 saturated carbocycles. The third-order valence-electron chi connectivity index (χ3n) is 1.87. The number of nitrogens with zero attached hydrogens (tertiary/aromatic N) is 2. The first kappa shape index (κ1) is 9.52. The molecule has 1 aliphatic rings. The smallest absolute Gasteiger partial charge is 0.195 e. The van der Waals surface area contributed by atoms with E-state index >= 15 is 0 Å². The van der Waals surface area contributed by atoms with Gasteiger partial charge < -0.3 is 0 Å². The molecule has 0 bridgehead atoms. The first-order chi connectivity index (χ1) is 5.62. The van der Waals surface area contributed by atoms with Crippen molar-refractivity contribution in [1.29, 1.82) is 0 Å². The van der Waals surface area contributed by atoms with E-state index in [1.54, 1.807) is 0 Å². The van der Waals surface area contributed by atoms with Gasteiger partial charge in [-0.1, -0.05) is 12.8 Å². The number of likely N-dealkylation sites (N-methyl/N-ethyl adjacent to an activating group) is 1. The average Bonchev–Trinajstić information content (AvgIpc) is 2.28. The number of hydrogen-bond acceptors (Lipinski definition) is 2. The van der Waals surface area contributed by atoms with Gasteiger partial charge in [0, 0.05) is 19.6 Å². The lowest BCUT2D eigenvalue weighted by Gasteiger charge is -2.14. The predicted molar refractivity (Wildman–Crippen MR) is 46.6 cm³/mol. The van der Waals surface area contributed by atoms with Crippen molar-refractivity contribution in [3.63, 3.8) is 0 Å². The zero-order valence-corrected chi connectivity index (χ0v) is 7.84. The zero-order chi connectivity index (χ0) is 9.19. The molecule has 0 aromatic carbocycles. The summed E-state index contributed by atoms with van der Waals surface area (Å²) in [5.41, 5.74) is 0. The van der Waals surface area contributed by atoms with E-state index in [4.69, 9.17) is 6.42 Å². The van der Waals surface area contributed by atoms with Crippen molar-refractivity contribution in [1.82, 2.24) is 8.61 Å². The van der Waals surface area contributed by atoms with E-state index in [-0.39, 0.29) is 6.54 Å². The third kappa shape index (κ3) is 1.46. The van der Waals surface area contributed by atoms with Gasteiger partial charge in [-0.15, -0.1) is 6.42 Å². The standard InChI is InChI=1S/C7H12N2O2S/c1-3-5-9-7-6-8(4-2)12(9,10)11/h1H,4-7H2,2H3. The van der Waals surface area contributed by atoms with Crippen LogP contribution < -0.4 is 0 Å². The summed E-state index contributed by atoms with van der Waals surface area (Å²) in [6, 6.07) is 0. The van der Waals surface area contributed by atoms with Crippen LogP contribution in [0, 0.1) is 12.3 Å². The second-order valence-corrected chi connectivity index (χ2v) is 4.47. The predicted octanol–water partition coefficient (Wildman–Crippen LogP) is -0.498. The van der Waals surface area contributed by atoms with Gasteiger partial charge >= 0.3 is 0 Å². The topological polar surface area (TPSA) is 40.6 Å². The molecule has 4 nitrogen and oxygen atoms in total. The number of hydrogen-bond donors (Lipinski definition) is 0. The Kier molecular flexibility index (Phi) is 2.73. The van der Waals surface area contributed by atoms with E-state index in [1.807, 2.05) is 6.92 Å². The Bertz CT molecular complexity index is 291. The van der Waals surface area contributed by atoms with Gasteiger partial charge in [-0.25, -0.2) is 0 Å². The highest BCUT2D eigenvalue weighted by Gasteiger charge is 2.34. The van der Waals surface area contributed by atoms with Crippen molar-refractivity contribution in [2.45, 2.75) is 6.92 Å². The second-order valence-electron chi connectivity index (χ2n) is 2.54. The Hall–Kier alpha value is -0.570. The summed E-state index contributed by atoms with van der Waals surface area (Å²) < 4.78 is 25.7. The molecule has 0 aliphatic carbocycles. The fraction of sp³-hybridized carbons (Fsp3) is 0.714. The van der Waals surface area contributed by atoms with Crippen LogP contribution in [-0.4, -0.2) is 43.2 Å². The molecule has 0 radical (unpaired) electrons. The van der Waals surface area contributed by atoms with E-state index < -0.39 is 10.2 Å². The van der Waals surface area contributed by atoms with Gasteiger partial charge in [0.15, 0.2) is 0 Å². The summed E-state index contributed by atoms with van der Waals surface area (Å²) in [5.74, 6) is 2.33. The minimum absolute atomic E-state index is 0.179. The van der Waals surface area contributed by atoms with Crippen molar-refractivity contribution in [2.75, 3.05) is 26.2 Å². The lowest BCUT2D eigenvalue weighted by Crippen LogP contribution is -2.33. The number of terminal acetylenes is 1. The van der Waals surface area contributed by atoms with E-state index in [0.29, 0.717) is 19.6 Å². The maximum absolute atomic E-state index is 11.5. The van der Waals surface area contributed by atoms with Crippen LogP contribution in [0.15, 0.2) is 0 Å². The fourth-order valence-corrected chi connectivity index (χ4v) is 2.72. The highest BCUT2D eigenvalue weighted by atomic mass is 32.2. The molecule has 0 aromatic heterocycles. The Morgan fingerprint density at radius 2 is 2.00 bits per heavy atom. The molecular formula is C7H12N2O2S. The van der Waals surface area contributed by atoms with E-state index in [9.17, 15) is 8.42 Å². The average molecular weight is 188 g/mol. The summed E-state index contributed by atoms with van der Waals surface area (Å²) >= 11 is 0. The molecule has 0 aromatic rings. The van der Waals surface area contributed by atoms with Gasteiger partial charge in [0.25, 0.3) is 10.2 Å². The molecule has 0 unspecified atom stereocenters. The molecule has 12 heavy (non-hydrogen) atoms. The highest BCUT2D eigenvalue weighted by Crippen LogP contribution is 2.14. The molecule has 68 valence electrons. The van der Waals surface area contributed by atoms with Crippen molar-refractivity contribution < 1.29 is 8.42 Å². The van der Waals surface area contributed by atoms with Crippen LogP contribution in [0.3, 0.4) is 0 Å². The quantitative estimate of drug-likeness (QED) is 0.548. The van der Waals surface area contributed by atoms with Crippen LogP contribution in [0.4, 0.5) is 0 Å². The molecule has 1 heterocycles. The zero-order valence-electron chi connectivity index (χ0n) is 7.02. The van der Waals surface area contributed by atoms with Crippen LogP contribution in [0.2, 0.25) is 0 Å². The first-order valence-electron chi connectivity index (χ1n) is 3.81. The first-order valence-corrected chi connectivity index (χ1v) is 5.21. The molecule has 1 saturated heterocycles. The van der Waals surface area contributed by atoms with Gasteiger partial charge in [0.05, 0.1) is 6.54 Å². The normalized spacial score (nSPS) is 24.0. The van der Waals surface area contributed by atoms with Gasteiger partial charge in [0.2, 0.25) is 0 Å². The molecule has 0 atom stereocenters. The molecule has 0 spiro atoms. The summed E-state index contributed by atoms with van der Waals surface area (Å²) in [5, 5.41) is 0. The molecule has 1 aliphatic heterocycles. The summed E-state index contributed by atoms with van der Waals surface area (Å²) in [4.78, 5) is 0. The summed E-state index contributed by atoms with van der Waals surface area (Å²) in [6.07, 6.45) is 5.04. The third-order valence-corrected chi connectivity index (χ3v) is 3.93. The van der Waals surface area contributed by atoms with E-state index in [0.717, 1.165) is 0 Å². The van der Waals surface area contributed by atoms with Gasteiger partial charge in [-0.3, -0.25) is 0 Å². The monoisotopic (exact) mass is 188 g/mol. The molecule has 5 heteroatoms. The fourth-order valence-electron chi connectivity index (χ4n) is 1.20. The van der Waals surface area contributed by atoms with Crippen LogP contribution >= 0.6 is 0 Å². The Balaban J connectivity index is 2.80. The van der Waals surface area contributed by atoms with Crippen LogP contribution in [0.1, 0.15) is 6.92 Å². The summed E-state index contributed by atoms with van der Waals surface area (Å²) in [6.45, 7) is 3.58. The Morgan fingerprint density at radius 1 is 1.42 bits per heavy atom. The molecule has 0 amide bonds. The van der Waals surface area contributed by atoms with Crippen LogP contribution in [0.5, 0.6) is 0 Å². The van der Waals surface area contributed by atoms with Crippen molar-refractivity contribution >= 4 is 10.2 Å². The molecule has 1 fully saturated rings. The SMILES string of the molecule is C#CCN1CCN(CC)S1(=O)=O. The molecular weight excluding hydrogens is 176 g/mol. The minimum atomic E-state index is -3.22. The van der Waals surface area contributed by atoms with Crippen molar-refractivity contribution in [2.24, 2.45) is 0 Å².